The van der Waals surface area contributed by atoms with Gasteiger partial charge in [-0.25, -0.2) is 9.97 Å². The van der Waals surface area contributed by atoms with Gasteiger partial charge in [0.1, 0.15) is 14.0 Å². The van der Waals surface area contributed by atoms with Gasteiger partial charge in [0.05, 0.1) is 0 Å². The Labute approximate surface area is 185 Å². The van der Waals surface area contributed by atoms with Crippen LogP contribution < -0.4 is 9.80 Å². The summed E-state index contributed by atoms with van der Waals surface area (Å²) in [5.74, 6) is 0. The first-order chi connectivity index (χ1) is 14.5. The van der Waals surface area contributed by atoms with Crippen LogP contribution in [0.4, 0.5) is 11.4 Å². The van der Waals surface area contributed by atoms with Crippen LogP contribution in [-0.4, -0.2) is 38.2 Å². The summed E-state index contributed by atoms with van der Waals surface area (Å²) in [5.41, 5.74) is 5.54. The molecule has 4 aromatic rings. The topological polar surface area (TPSA) is 32.3 Å². The summed E-state index contributed by atoms with van der Waals surface area (Å²) in [6, 6.07) is 17.0. The molecule has 0 bridgehead atoms. The molecule has 0 unspecified atom stereocenters. The van der Waals surface area contributed by atoms with Crippen LogP contribution in [0, 0.1) is 0 Å². The van der Waals surface area contributed by atoms with Gasteiger partial charge in [0, 0.05) is 39.6 Å². The fraction of sp³-hybridized carbons (Fsp3) is 0.167. The van der Waals surface area contributed by atoms with Crippen molar-refractivity contribution < 1.29 is 0 Å². The highest BCUT2D eigenvalue weighted by Crippen LogP contribution is 2.30. The number of rotatable bonds is 6. The Kier molecular flexibility index (Phi) is 5.97. The number of fused-ring (bicyclic) bond motifs is 1. The molecule has 30 heavy (non-hydrogen) atoms. The molecule has 0 aliphatic rings. The summed E-state index contributed by atoms with van der Waals surface area (Å²) in [6.45, 7) is 0. The Bertz CT molecular complexity index is 1060. The van der Waals surface area contributed by atoms with Gasteiger partial charge in [-0.3, -0.25) is 0 Å². The molecule has 4 nitrogen and oxygen atoms in total. The highest BCUT2D eigenvalue weighted by molar-refractivity contribution is 7.38. The lowest BCUT2D eigenvalue weighted by molar-refractivity contribution is 1.13. The van der Waals surface area contributed by atoms with Gasteiger partial charge in [0.25, 0.3) is 0 Å². The molecule has 0 N–H and O–H groups in total. The molecular weight excluding hydrogens is 408 g/mol. The van der Waals surface area contributed by atoms with Crippen molar-refractivity contribution in [2.75, 3.05) is 38.0 Å². The number of hydrogen-bond acceptors (Lipinski definition) is 6. The average Bonchev–Trinajstić information content (AvgIpc) is 3.29. The van der Waals surface area contributed by atoms with Crippen LogP contribution in [0.3, 0.4) is 0 Å². The highest BCUT2D eigenvalue weighted by atomic mass is 32.2. The average molecular weight is 433 g/mol. The zero-order valence-electron chi connectivity index (χ0n) is 17.5. The lowest BCUT2D eigenvalue weighted by Gasteiger charge is -2.11. The fourth-order valence-corrected chi connectivity index (χ4v) is 4.88. The molecule has 6 heteroatoms. The van der Waals surface area contributed by atoms with E-state index in [4.69, 9.17) is 0 Å². The summed E-state index contributed by atoms with van der Waals surface area (Å²) < 4.78 is 1.15. The van der Waals surface area contributed by atoms with Crippen molar-refractivity contribution in [3.8, 4) is 0 Å². The second-order valence-corrected chi connectivity index (χ2v) is 9.67. The Balaban J connectivity index is 1.44. The van der Waals surface area contributed by atoms with E-state index in [9.17, 15) is 0 Å². The monoisotopic (exact) mass is 432 g/mol. The number of nitrogens with zero attached hydrogens (tertiary/aromatic N) is 4. The Morgan fingerprint density at radius 1 is 0.600 bits per heavy atom. The van der Waals surface area contributed by atoms with Crippen LogP contribution in [0.15, 0.2) is 48.5 Å². The summed E-state index contributed by atoms with van der Waals surface area (Å²) in [7, 11) is 8.18. The summed E-state index contributed by atoms with van der Waals surface area (Å²) in [5, 5.41) is 1.96. The van der Waals surface area contributed by atoms with Crippen molar-refractivity contribution in [2.45, 2.75) is 0 Å². The maximum absolute atomic E-state index is 4.66. The first-order valence-electron chi connectivity index (χ1n) is 9.66. The van der Waals surface area contributed by atoms with Crippen molar-refractivity contribution in [3.63, 3.8) is 0 Å². The van der Waals surface area contributed by atoms with Gasteiger partial charge in [-0.1, -0.05) is 36.4 Å². The second kappa shape index (κ2) is 8.81. The summed E-state index contributed by atoms with van der Waals surface area (Å²) in [6.07, 6.45) is 8.32. The molecule has 2 heterocycles. The summed E-state index contributed by atoms with van der Waals surface area (Å²) >= 11 is 3.37. The lowest BCUT2D eigenvalue weighted by atomic mass is 10.2. The predicted octanol–water partition coefficient (Wildman–Crippen LogP) is 6.23. The van der Waals surface area contributed by atoms with Gasteiger partial charge in [0.2, 0.25) is 0 Å². The first kappa shape index (κ1) is 20.3. The number of thiazole rings is 2. The molecule has 2 aromatic carbocycles. The minimum Gasteiger partial charge on any atom is -0.378 e. The van der Waals surface area contributed by atoms with E-state index >= 15 is 0 Å². The van der Waals surface area contributed by atoms with Crippen LogP contribution in [0.25, 0.3) is 34.0 Å². The van der Waals surface area contributed by atoms with Gasteiger partial charge >= 0.3 is 0 Å². The zero-order valence-corrected chi connectivity index (χ0v) is 19.2. The Morgan fingerprint density at radius 3 is 1.33 bits per heavy atom. The highest BCUT2D eigenvalue weighted by Gasteiger charge is 2.07. The van der Waals surface area contributed by atoms with Gasteiger partial charge in [-0.05, 0) is 47.5 Å². The minimum atomic E-state index is 0.829. The SMILES string of the molecule is CN(C)c1ccc(/C=C/c2nc3nc(/C=C/c4ccc(N(C)C)cc4)sc3s2)cc1. The van der Waals surface area contributed by atoms with E-state index in [0.29, 0.717) is 0 Å². The molecule has 0 aliphatic heterocycles. The van der Waals surface area contributed by atoms with Gasteiger partial charge in [-0.2, -0.15) is 0 Å². The number of anilines is 2. The van der Waals surface area contributed by atoms with E-state index in [1.807, 2.05) is 28.2 Å². The molecule has 0 radical (unpaired) electrons. The fourth-order valence-electron chi connectivity index (χ4n) is 2.92. The van der Waals surface area contributed by atoms with E-state index in [1.165, 1.54) is 11.4 Å². The molecule has 2 aromatic heterocycles. The van der Waals surface area contributed by atoms with Crippen LogP contribution in [0.2, 0.25) is 0 Å². The van der Waals surface area contributed by atoms with E-state index < -0.39 is 0 Å². The van der Waals surface area contributed by atoms with Crippen molar-refractivity contribution in [1.29, 1.82) is 0 Å². The number of aromatic nitrogens is 2. The summed E-state index contributed by atoms with van der Waals surface area (Å²) in [4.78, 5) is 13.5. The quantitative estimate of drug-likeness (QED) is 0.362. The van der Waals surface area contributed by atoms with Crippen LogP contribution >= 0.6 is 22.7 Å². The second-order valence-electron chi connectivity index (χ2n) is 7.35. The maximum atomic E-state index is 4.66. The Morgan fingerprint density at radius 2 is 1.00 bits per heavy atom. The van der Waals surface area contributed by atoms with E-state index in [1.54, 1.807) is 22.7 Å². The van der Waals surface area contributed by atoms with Crippen molar-refractivity contribution in [1.82, 2.24) is 9.97 Å². The molecule has 0 fully saturated rings. The van der Waals surface area contributed by atoms with Gasteiger partial charge < -0.3 is 9.80 Å². The molecule has 152 valence electrons. The molecule has 0 spiro atoms. The molecule has 0 saturated heterocycles. The van der Waals surface area contributed by atoms with Crippen molar-refractivity contribution in [2.24, 2.45) is 0 Å². The predicted molar refractivity (Wildman–Crippen MR) is 135 cm³/mol. The molecule has 0 aliphatic carbocycles. The lowest BCUT2D eigenvalue weighted by Crippen LogP contribution is -2.07. The first-order valence-corrected chi connectivity index (χ1v) is 11.3. The maximum Gasteiger partial charge on any atom is 0.182 e. The van der Waals surface area contributed by atoms with Crippen LogP contribution in [0.5, 0.6) is 0 Å². The third kappa shape index (κ3) is 4.78. The molecule has 0 saturated carbocycles. The smallest absolute Gasteiger partial charge is 0.182 e. The van der Waals surface area contributed by atoms with E-state index in [2.05, 4.69) is 92.6 Å². The van der Waals surface area contributed by atoms with Crippen LogP contribution in [-0.2, 0) is 0 Å². The standard InChI is InChI=1S/C24H24N4S2/c1-27(2)19-11-5-17(6-12-19)9-15-21-25-23-24(29-21)30-22(26-23)16-10-18-7-13-20(14-8-18)28(3)4/h5-16H,1-4H3/b15-9+,16-10+. The largest absolute Gasteiger partial charge is 0.378 e. The number of hydrogen-bond donors (Lipinski definition) is 0. The molecule has 0 amide bonds. The normalized spacial score (nSPS) is 11.7. The van der Waals surface area contributed by atoms with Crippen LogP contribution in [0.1, 0.15) is 21.1 Å². The Hall–Kier alpha value is -2.96. The van der Waals surface area contributed by atoms with E-state index in [-0.39, 0.29) is 0 Å². The van der Waals surface area contributed by atoms with Gasteiger partial charge in [-0.15, -0.1) is 22.7 Å². The molecule has 4 rings (SSSR count). The number of benzene rings is 2. The minimum absolute atomic E-state index is 0.829. The third-order valence-corrected chi connectivity index (χ3v) is 6.77. The molecule has 0 atom stereocenters. The van der Waals surface area contributed by atoms with E-state index in [0.717, 1.165) is 30.8 Å². The van der Waals surface area contributed by atoms with Gasteiger partial charge in [0.15, 0.2) is 5.65 Å². The zero-order chi connectivity index (χ0) is 21.1. The molecular formula is C24H24N4S2. The van der Waals surface area contributed by atoms with Crippen molar-refractivity contribution in [3.05, 3.63) is 69.7 Å². The third-order valence-electron chi connectivity index (χ3n) is 4.66. The van der Waals surface area contributed by atoms with Crippen molar-refractivity contribution >= 4 is 68.0 Å².